The van der Waals surface area contributed by atoms with Crippen LogP contribution in [-0.2, 0) is 4.79 Å². The van der Waals surface area contributed by atoms with E-state index in [1.54, 1.807) is 13.8 Å². The molecule has 0 aliphatic rings. The molecule has 3 nitrogen and oxygen atoms in total. The van der Waals surface area contributed by atoms with Gasteiger partial charge in [-0.05, 0) is 32.0 Å². The minimum absolute atomic E-state index is 0.154. The van der Waals surface area contributed by atoms with Crippen LogP contribution in [0.5, 0.6) is 0 Å². The third kappa shape index (κ3) is 4.59. The first-order valence-electron chi connectivity index (χ1n) is 4.81. The van der Waals surface area contributed by atoms with Crippen LogP contribution in [0.25, 0.3) is 0 Å². The second-order valence-electron chi connectivity index (χ2n) is 4.37. The maximum Gasteiger partial charge on any atom is 0.226 e. The van der Waals surface area contributed by atoms with E-state index in [0.29, 0.717) is 5.69 Å². The Balaban J connectivity index is 2.70. The molecule has 1 amide bonds. The molecule has 3 N–H and O–H groups in total. The van der Waals surface area contributed by atoms with Crippen molar-refractivity contribution in [1.82, 2.24) is 0 Å². The highest BCUT2D eigenvalue weighted by Gasteiger charge is 2.16. The molecule has 0 aliphatic carbocycles. The average molecular weight is 245 g/mol. The maximum atomic E-state index is 13.0. The van der Waals surface area contributed by atoms with Gasteiger partial charge in [0.1, 0.15) is 5.82 Å². The molecule has 0 fully saturated rings. The standard InChI is InChI=1S/C11H14ClFN2O/c1-11(2,14)6-10(16)15-9-4-7(12)3-8(13)5-9/h3-5H,6,14H2,1-2H3,(H,15,16). The maximum absolute atomic E-state index is 13.0. The van der Waals surface area contributed by atoms with Crippen molar-refractivity contribution < 1.29 is 9.18 Å². The van der Waals surface area contributed by atoms with Gasteiger partial charge in [0.25, 0.3) is 0 Å². The zero-order chi connectivity index (χ0) is 12.3. The molecule has 0 saturated carbocycles. The van der Waals surface area contributed by atoms with Crippen LogP contribution in [0.1, 0.15) is 20.3 Å². The number of nitrogens with two attached hydrogens (primary N) is 1. The summed E-state index contributed by atoms with van der Waals surface area (Å²) in [4.78, 5) is 11.5. The van der Waals surface area contributed by atoms with Crippen LogP contribution in [0, 0.1) is 5.82 Å². The zero-order valence-corrected chi connectivity index (χ0v) is 9.94. The van der Waals surface area contributed by atoms with Crippen LogP contribution in [0.2, 0.25) is 5.02 Å². The largest absolute Gasteiger partial charge is 0.326 e. The molecule has 1 rings (SSSR count). The molecule has 0 heterocycles. The monoisotopic (exact) mass is 244 g/mol. The van der Waals surface area contributed by atoms with Crippen LogP contribution >= 0.6 is 11.6 Å². The summed E-state index contributed by atoms with van der Waals surface area (Å²) in [6, 6.07) is 3.85. The van der Waals surface area contributed by atoms with Crippen molar-refractivity contribution in [2.45, 2.75) is 25.8 Å². The van der Waals surface area contributed by atoms with Crippen LogP contribution in [0.15, 0.2) is 18.2 Å². The van der Waals surface area contributed by atoms with Gasteiger partial charge in [0.15, 0.2) is 0 Å². The first kappa shape index (κ1) is 12.9. The second kappa shape index (κ2) is 4.80. The minimum Gasteiger partial charge on any atom is -0.326 e. The fraction of sp³-hybridized carbons (Fsp3) is 0.364. The van der Waals surface area contributed by atoms with Crippen LogP contribution < -0.4 is 11.1 Å². The van der Waals surface area contributed by atoms with E-state index in [0.717, 1.165) is 0 Å². The van der Waals surface area contributed by atoms with Crippen molar-refractivity contribution >= 4 is 23.2 Å². The molecule has 0 unspecified atom stereocenters. The van der Waals surface area contributed by atoms with Crippen molar-refractivity contribution in [3.63, 3.8) is 0 Å². The van der Waals surface area contributed by atoms with E-state index in [2.05, 4.69) is 5.32 Å². The van der Waals surface area contributed by atoms with Crippen molar-refractivity contribution in [2.75, 3.05) is 5.32 Å². The number of rotatable bonds is 3. The van der Waals surface area contributed by atoms with E-state index >= 15 is 0 Å². The lowest BCUT2D eigenvalue weighted by Gasteiger charge is -2.17. The molecule has 5 heteroatoms. The van der Waals surface area contributed by atoms with Gasteiger partial charge >= 0.3 is 0 Å². The highest BCUT2D eigenvalue weighted by atomic mass is 35.5. The van der Waals surface area contributed by atoms with Gasteiger partial charge in [-0.2, -0.15) is 0 Å². The van der Waals surface area contributed by atoms with Gasteiger partial charge in [-0.25, -0.2) is 4.39 Å². The first-order valence-corrected chi connectivity index (χ1v) is 5.19. The summed E-state index contributed by atoms with van der Waals surface area (Å²) < 4.78 is 13.0. The van der Waals surface area contributed by atoms with E-state index in [9.17, 15) is 9.18 Å². The molecule has 0 atom stereocenters. The fourth-order valence-electron chi connectivity index (χ4n) is 1.24. The second-order valence-corrected chi connectivity index (χ2v) is 4.81. The van der Waals surface area contributed by atoms with Gasteiger partial charge in [0.2, 0.25) is 5.91 Å². The number of halogens is 2. The molecule has 0 radical (unpaired) electrons. The zero-order valence-electron chi connectivity index (χ0n) is 9.18. The summed E-state index contributed by atoms with van der Waals surface area (Å²) in [5.41, 5.74) is 5.43. The van der Waals surface area contributed by atoms with Gasteiger partial charge in [0.05, 0.1) is 0 Å². The molecule has 88 valence electrons. The lowest BCUT2D eigenvalue weighted by Crippen LogP contribution is -2.36. The molecule has 0 aliphatic heterocycles. The Morgan fingerprint density at radius 3 is 2.62 bits per heavy atom. The first-order chi connectivity index (χ1) is 7.26. The Hall–Kier alpha value is -1.13. The predicted molar refractivity (Wildman–Crippen MR) is 62.9 cm³/mol. The van der Waals surface area contributed by atoms with E-state index in [1.165, 1.54) is 18.2 Å². The Morgan fingerprint density at radius 1 is 1.50 bits per heavy atom. The highest BCUT2D eigenvalue weighted by Crippen LogP contribution is 2.18. The number of nitrogens with one attached hydrogen (secondary N) is 1. The molecule has 1 aromatic carbocycles. The molecular formula is C11H14ClFN2O. The predicted octanol–water partition coefficient (Wildman–Crippen LogP) is 2.54. The number of hydrogen-bond donors (Lipinski definition) is 2. The van der Waals surface area contributed by atoms with Crippen molar-refractivity contribution in [3.05, 3.63) is 29.0 Å². The van der Waals surface area contributed by atoms with Crippen molar-refractivity contribution in [1.29, 1.82) is 0 Å². The van der Waals surface area contributed by atoms with Gasteiger partial charge in [-0.1, -0.05) is 11.6 Å². The van der Waals surface area contributed by atoms with Gasteiger partial charge in [-0.15, -0.1) is 0 Å². The Labute approximate surface area is 98.8 Å². The van der Waals surface area contributed by atoms with Gasteiger partial charge in [0, 0.05) is 22.7 Å². The number of carbonyl (C=O) groups excluding carboxylic acids is 1. The SMILES string of the molecule is CC(C)(N)CC(=O)Nc1cc(F)cc(Cl)c1. The van der Waals surface area contributed by atoms with Gasteiger partial charge < -0.3 is 11.1 Å². The molecule has 0 bridgehead atoms. The third-order valence-corrected chi connectivity index (χ3v) is 1.98. The summed E-state index contributed by atoms with van der Waals surface area (Å²) in [6.45, 7) is 3.48. The smallest absolute Gasteiger partial charge is 0.226 e. The number of anilines is 1. The van der Waals surface area contributed by atoms with Crippen LogP contribution in [0.4, 0.5) is 10.1 Å². The number of hydrogen-bond acceptors (Lipinski definition) is 2. The topological polar surface area (TPSA) is 55.1 Å². The Kier molecular flexibility index (Phi) is 3.88. The molecule has 0 saturated heterocycles. The lowest BCUT2D eigenvalue weighted by molar-refractivity contribution is -0.117. The van der Waals surface area contributed by atoms with E-state index in [4.69, 9.17) is 17.3 Å². The number of benzene rings is 1. The Bertz CT molecular complexity index is 381. The normalized spacial score (nSPS) is 11.3. The minimum atomic E-state index is -0.596. The number of carbonyl (C=O) groups is 1. The van der Waals surface area contributed by atoms with Gasteiger partial charge in [-0.3, -0.25) is 4.79 Å². The summed E-state index contributed by atoms with van der Waals surface area (Å²) in [7, 11) is 0. The molecule has 16 heavy (non-hydrogen) atoms. The van der Waals surface area contributed by atoms with Crippen molar-refractivity contribution in [3.8, 4) is 0 Å². The van der Waals surface area contributed by atoms with E-state index in [-0.39, 0.29) is 17.4 Å². The summed E-state index contributed by atoms with van der Waals surface area (Å²) in [5, 5.41) is 2.77. The van der Waals surface area contributed by atoms with E-state index < -0.39 is 11.4 Å². The van der Waals surface area contributed by atoms with E-state index in [1.807, 2.05) is 0 Å². The fourth-order valence-corrected chi connectivity index (χ4v) is 1.47. The molecule has 0 aromatic heterocycles. The average Bonchev–Trinajstić information content (AvgIpc) is 1.96. The number of amides is 1. The van der Waals surface area contributed by atoms with Crippen LogP contribution in [-0.4, -0.2) is 11.4 Å². The molecular weight excluding hydrogens is 231 g/mol. The third-order valence-electron chi connectivity index (χ3n) is 1.76. The summed E-state index contributed by atoms with van der Waals surface area (Å²) in [6.07, 6.45) is 0.154. The van der Waals surface area contributed by atoms with Crippen molar-refractivity contribution in [2.24, 2.45) is 5.73 Å². The molecule has 1 aromatic rings. The Morgan fingerprint density at radius 2 is 2.12 bits per heavy atom. The van der Waals surface area contributed by atoms with Crippen LogP contribution in [0.3, 0.4) is 0 Å². The summed E-state index contributed by atoms with van der Waals surface area (Å²) in [5.74, 6) is -0.760. The molecule has 0 spiro atoms. The highest BCUT2D eigenvalue weighted by molar-refractivity contribution is 6.30. The quantitative estimate of drug-likeness (QED) is 0.859. The summed E-state index contributed by atoms with van der Waals surface area (Å²) >= 11 is 5.65. The lowest BCUT2D eigenvalue weighted by atomic mass is 10.0.